The lowest BCUT2D eigenvalue weighted by Crippen LogP contribution is -2.29. The average Bonchev–Trinajstić information content (AvgIpc) is 2.23. The Kier molecular flexibility index (Phi) is 12.0. The molecule has 0 aromatic rings. The zero-order chi connectivity index (χ0) is 11.0. The van der Waals surface area contributed by atoms with E-state index in [1.807, 2.05) is 0 Å². The van der Waals surface area contributed by atoms with Gasteiger partial charge in [0.2, 0.25) is 0 Å². The van der Waals surface area contributed by atoms with Gasteiger partial charge in [-0.05, 0) is 30.3 Å². The molecule has 15 heavy (non-hydrogen) atoms. The van der Waals surface area contributed by atoms with E-state index in [2.05, 4.69) is 36.9 Å². The van der Waals surface area contributed by atoms with Gasteiger partial charge in [0.15, 0.2) is 0 Å². The van der Waals surface area contributed by atoms with Crippen molar-refractivity contribution in [2.45, 2.75) is 77.8 Å². The summed E-state index contributed by atoms with van der Waals surface area (Å²) in [7, 11) is 3.14. The molecule has 0 spiro atoms. The smallest absolute Gasteiger partial charge is 0.0127 e. The topological polar surface area (TPSA) is 0 Å². The lowest BCUT2D eigenvalue weighted by atomic mass is 9.81. The third-order valence-electron chi connectivity index (χ3n) is 3.78. The molecule has 0 aromatic heterocycles. The quantitative estimate of drug-likeness (QED) is 0.398. The van der Waals surface area contributed by atoms with E-state index in [0.29, 0.717) is 5.16 Å². The predicted molar refractivity (Wildman–Crippen MR) is 78.2 cm³/mol. The van der Waals surface area contributed by atoms with E-state index in [0.717, 1.165) is 5.92 Å². The molecule has 0 saturated heterocycles. The molecule has 0 aromatic carbocycles. The average molecular weight is 253 g/mol. The Morgan fingerprint density at radius 2 is 1.53 bits per heavy atom. The number of rotatable bonds is 8. The second-order valence-electron chi connectivity index (χ2n) is 4.54. The normalized spacial score (nSPS) is 13.4. The molecule has 0 N–H and O–H groups in total. The molecule has 2 atom stereocenters. The fourth-order valence-corrected chi connectivity index (χ4v) is 2.77. The van der Waals surface area contributed by atoms with Crippen molar-refractivity contribution in [2.75, 3.05) is 0 Å². The van der Waals surface area contributed by atoms with Crippen molar-refractivity contribution in [3.63, 3.8) is 0 Å². The number of hydrogen-bond donors (Lipinski definition) is 0. The molecular weight excluding hydrogens is 223 g/mol. The highest BCUT2D eigenvalue weighted by molar-refractivity contribution is 7.19. The zero-order valence-corrected chi connectivity index (χ0v) is 13.0. The van der Waals surface area contributed by atoms with Crippen LogP contribution in [-0.2, 0) is 0 Å². The molecule has 0 rings (SSSR count). The van der Waals surface area contributed by atoms with Crippen molar-refractivity contribution in [1.29, 1.82) is 0 Å². The standard InChI is InChI=1S/C13H29P.ClH/c1-5-9-10-11-12(6-2)13(14,7-3)8-4;/h12H,5-11,14H2,1-4H3;1H. The van der Waals surface area contributed by atoms with Gasteiger partial charge in [0.05, 0.1) is 0 Å². The second kappa shape index (κ2) is 9.91. The third-order valence-corrected chi connectivity index (χ3v) is 5.07. The largest absolute Gasteiger partial charge is 0.147 e. The van der Waals surface area contributed by atoms with Crippen molar-refractivity contribution in [3.05, 3.63) is 0 Å². The first-order valence-corrected chi connectivity index (χ1v) is 7.01. The Balaban J connectivity index is 0. The number of unbranched alkanes of at least 4 members (excludes halogenated alkanes) is 2. The van der Waals surface area contributed by atoms with Crippen molar-refractivity contribution in [2.24, 2.45) is 5.92 Å². The maximum atomic E-state index is 3.14. The minimum absolute atomic E-state index is 0. The summed E-state index contributed by atoms with van der Waals surface area (Å²) in [4.78, 5) is 0. The first kappa shape index (κ1) is 18.1. The second-order valence-corrected chi connectivity index (χ2v) is 5.69. The first-order chi connectivity index (χ1) is 6.64. The highest BCUT2D eigenvalue weighted by Crippen LogP contribution is 2.39. The number of hydrogen-bond acceptors (Lipinski definition) is 0. The van der Waals surface area contributed by atoms with Gasteiger partial charge in [0.1, 0.15) is 0 Å². The Morgan fingerprint density at radius 3 is 1.87 bits per heavy atom. The Morgan fingerprint density at radius 1 is 1.00 bits per heavy atom. The highest BCUT2D eigenvalue weighted by Gasteiger charge is 2.28. The van der Waals surface area contributed by atoms with Gasteiger partial charge in [-0.2, -0.15) is 0 Å². The molecule has 0 nitrogen and oxygen atoms in total. The molecular formula is C13H30ClP. The molecule has 0 fully saturated rings. The minimum Gasteiger partial charge on any atom is -0.147 e. The molecule has 0 aliphatic carbocycles. The molecule has 0 amide bonds. The summed E-state index contributed by atoms with van der Waals surface area (Å²) in [6.07, 6.45) is 9.55. The molecule has 0 saturated carbocycles. The highest BCUT2D eigenvalue weighted by atomic mass is 35.5. The van der Waals surface area contributed by atoms with Crippen LogP contribution in [0.15, 0.2) is 0 Å². The van der Waals surface area contributed by atoms with Crippen molar-refractivity contribution >= 4 is 21.6 Å². The van der Waals surface area contributed by atoms with Gasteiger partial charge in [-0.25, -0.2) is 0 Å². The third kappa shape index (κ3) is 6.12. The van der Waals surface area contributed by atoms with E-state index in [1.54, 1.807) is 0 Å². The fraction of sp³-hybridized carbons (Fsp3) is 1.00. The van der Waals surface area contributed by atoms with Crippen LogP contribution in [0.3, 0.4) is 0 Å². The SMILES string of the molecule is CCCCCC(CC)C(P)(CC)CC.Cl. The summed E-state index contributed by atoms with van der Waals surface area (Å²) in [5.41, 5.74) is 0. The Bertz CT molecular complexity index is 132. The van der Waals surface area contributed by atoms with Crippen molar-refractivity contribution in [1.82, 2.24) is 0 Å². The predicted octanol–water partition coefficient (Wildman–Crippen LogP) is 5.45. The van der Waals surface area contributed by atoms with Crippen molar-refractivity contribution in [3.8, 4) is 0 Å². The van der Waals surface area contributed by atoms with Crippen LogP contribution in [0.25, 0.3) is 0 Å². The van der Waals surface area contributed by atoms with Gasteiger partial charge < -0.3 is 0 Å². The van der Waals surface area contributed by atoms with Gasteiger partial charge in [-0.3, -0.25) is 0 Å². The zero-order valence-electron chi connectivity index (χ0n) is 11.0. The van der Waals surface area contributed by atoms with E-state index < -0.39 is 0 Å². The van der Waals surface area contributed by atoms with Crippen molar-refractivity contribution < 1.29 is 0 Å². The molecule has 94 valence electrons. The summed E-state index contributed by atoms with van der Waals surface area (Å²) in [6, 6.07) is 0. The molecule has 2 heteroatoms. The minimum atomic E-state index is 0. The van der Waals surface area contributed by atoms with Crippen LogP contribution in [0.4, 0.5) is 0 Å². The maximum absolute atomic E-state index is 3.14. The Labute approximate surface area is 106 Å². The van der Waals surface area contributed by atoms with Crippen LogP contribution in [0.1, 0.15) is 72.6 Å². The van der Waals surface area contributed by atoms with Crippen LogP contribution in [0.2, 0.25) is 0 Å². The Hall–Kier alpha value is 0.720. The summed E-state index contributed by atoms with van der Waals surface area (Å²) in [5.74, 6) is 0.911. The van der Waals surface area contributed by atoms with Crippen LogP contribution in [-0.4, -0.2) is 5.16 Å². The molecule has 0 bridgehead atoms. The molecule has 0 radical (unpaired) electrons. The first-order valence-electron chi connectivity index (χ1n) is 6.43. The van der Waals surface area contributed by atoms with E-state index in [1.165, 1.54) is 44.9 Å². The molecule has 0 aliphatic rings. The van der Waals surface area contributed by atoms with Gasteiger partial charge in [-0.15, -0.1) is 21.6 Å². The molecule has 2 unspecified atom stereocenters. The summed E-state index contributed by atoms with van der Waals surface area (Å²) < 4.78 is 0. The van der Waals surface area contributed by atoms with Gasteiger partial charge >= 0.3 is 0 Å². The summed E-state index contributed by atoms with van der Waals surface area (Å²) in [5, 5.41) is 0.516. The lowest BCUT2D eigenvalue weighted by Gasteiger charge is -2.35. The van der Waals surface area contributed by atoms with Crippen LogP contribution >= 0.6 is 21.6 Å². The molecule has 0 aliphatic heterocycles. The van der Waals surface area contributed by atoms with Crippen LogP contribution < -0.4 is 0 Å². The van der Waals surface area contributed by atoms with E-state index in [4.69, 9.17) is 0 Å². The fourth-order valence-electron chi connectivity index (χ4n) is 2.37. The number of halogens is 1. The molecule has 0 heterocycles. The maximum Gasteiger partial charge on any atom is -0.0127 e. The van der Waals surface area contributed by atoms with E-state index in [9.17, 15) is 0 Å². The lowest BCUT2D eigenvalue weighted by molar-refractivity contribution is 0.314. The summed E-state index contributed by atoms with van der Waals surface area (Å²) >= 11 is 0. The van der Waals surface area contributed by atoms with Gasteiger partial charge in [0.25, 0.3) is 0 Å². The van der Waals surface area contributed by atoms with Gasteiger partial charge in [0, 0.05) is 0 Å². The van der Waals surface area contributed by atoms with E-state index in [-0.39, 0.29) is 12.4 Å². The summed E-state index contributed by atoms with van der Waals surface area (Å²) in [6.45, 7) is 9.30. The van der Waals surface area contributed by atoms with E-state index >= 15 is 0 Å². The van der Waals surface area contributed by atoms with Crippen LogP contribution in [0, 0.1) is 5.92 Å². The van der Waals surface area contributed by atoms with Crippen LogP contribution in [0.5, 0.6) is 0 Å². The monoisotopic (exact) mass is 252 g/mol. The van der Waals surface area contributed by atoms with Gasteiger partial charge in [-0.1, -0.05) is 53.4 Å².